The highest BCUT2D eigenvalue weighted by Crippen LogP contribution is 2.35. The van der Waals surface area contributed by atoms with Crippen molar-refractivity contribution >= 4 is 35.0 Å². The highest BCUT2D eigenvalue weighted by molar-refractivity contribution is 6.29. The van der Waals surface area contributed by atoms with Crippen LogP contribution in [0, 0.1) is 0 Å². The van der Waals surface area contributed by atoms with Crippen molar-refractivity contribution in [1.82, 2.24) is 0 Å². The third-order valence-electron chi connectivity index (χ3n) is 7.21. The van der Waals surface area contributed by atoms with Crippen molar-refractivity contribution in [3.05, 3.63) is 82.0 Å². The fourth-order valence-corrected chi connectivity index (χ4v) is 5.76. The molecule has 0 N–H and O–H groups in total. The van der Waals surface area contributed by atoms with Gasteiger partial charge in [0.05, 0.1) is 11.4 Å². The van der Waals surface area contributed by atoms with Gasteiger partial charge in [0.15, 0.2) is 0 Å². The lowest BCUT2D eigenvalue weighted by Crippen LogP contribution is -2.32. The molecule has 0 saturated heterocycles. The number of aryl methyl sites for hydroxylation is 4. The highest BCUT2D eigenvalue weighted by Gasteiger charge is 2.31. The molecule has 2 aliphatic heterocycles. The number of anilines is 2. The van der Waals surface area contributed by atoms with Crippen molar-refractivity contribution in [1.29, 1.82) is 0 Å². The summed E-state index contributed by atoms with van der Waals surface area (Å²) in [6.07, 6.45) is 12.7. The van der Waals surface area contributed by atoms with Crippen molar-refractivity contribution in [2.45, 2.75) is 85.5 Å². The molecule has 0 bridgehead atoms. The highest BCUT2D eigenvalue weighted by atomic mass is 16.2. The Labute approximate surface area is 231 Å². The molecule has 0 unspecified atom stereocenters. The molecule has 0 atom stereocenters. The minimum absolute atomic E-state index is 0.285. The minimum Gasteiger partial charge on any atom is -0.269 e. The summed E-state index contributed by atoms with van der Waals surface area (Å²) in [5.74, 6) is -1.14. The molecule has 6 heteroatoms. The second-order valence-electron chi connectivity index (χ2n) is 10.4. The number of amides is 4. The zero-order valence-electron chi connectivity index (χ0n) is 23.5. The van der Waals surface area contributed by atoms with E-state index in [9.17, 15) is 19.2 Å². The average molecular weight is 527 g/mol. The van der Waals surface area contributed by atoms with E-state index in [1.54, 1.807) is 0 Å². The third-order valence-corrected chi connectivity index (χ3v) is 7.21. The summed E-state index contributed by atoms with van der Waals surface area (Å²) in [5.41, 5.74) is 7.81. The SMILES string of the molecule is CCCc1cc(Cc2cc(CCC)c(N3C(=O)C=CC3=O)c(CCC)c2)cc(CCC)c1N1C(=O)C=CC1=O. The van der Waals surface area contributed by atoms with Crippen LogP contribution in [0.15, 0.2) is 48.6 Å². The molecule has 2 aliphatic rings. The number of imide groups is 2. The zero-order chi connectivity index (χ0) is 28.1. The largest absolute Gasteiger partial charge is 0.269 e. The summed E-state index contributed by atoms with van der Waals surface area (Å²) in [6, 6.07) is 8.56. The van der Waals surface area contributed by atoms with Crippen LogP contribution in [-0.4, -0.2) is 23.6 Å². The molecule has 204 valence electrons. The minimum atomic E-state index is -0.285. The molecular formula is C33H38N2O4. The van der Waals surface area contributed by atoms with Gasteiger partial charge >= 0.3 is 0 Å². The molecule has 6 nitrogen and oxygen atoms in total. The van der Waals surface area contributed by atoms with Crippen molar-refractivity contribution in [3.63, 3.8) is 0 Å². The molecule has 0 spiro atoms. The maximum absolute atomic E-state index is 12.6. The first-order chi connectivity index (χ1) is 18.8. The Balaban J connectivity index is 1.80. The molecule has 4 rings (SSSR count). The number of carbonyl (C=O) groups is 4. The Morgan fingerprint density at radius 2 is 0.718 bits per heavy atom. The van der Waals surface area contributed by atoms with E-state index in [1.165, 1.54) is 34.1 Å². The van der Waals surface area contributed by atoms with Gasteiger partial charge < -0.3 is 0 Å². The van der Waals surface area contributed by atoms with Crippen LogP contribution >= 0.6 is 0 Å². The van der Waals surface area contributed by atoms with Gasteiger partial charge in [-0.25, -0.2) is 9.80 Å². The van der Waals surface area contributed by atoms with E-state index >= 15 is 0 Å². The van der Waals surface area contributed by atoms with Gasteiger partial charge in [-0.2, -0.15) is 0 Å². The molecule has 0 fully saturated rings. The van der Waals surface area contributed by atoms with E-state index in [4.69, 9.17) is 0 Å². The predicted molar refractivity (Wildman–Crippen MR) is 155 cm³/mol. The van der Waals surface area contributed by atoms with E-state index in [-0.39, 0.29) is 23.6 Å². The summed E-state index contributed by atoms with van der Waals surface area (Å²) in [7, 11) is 0. The summed E-state index contributed by atoms with van der Waals surface area (Å²) in [5, 5.41) is 0. The average Bonchev–Trinajstić information content (AvgIpc) is 3.40. The van der Waals surface area contributed by atoms with Crippen LogP contribution < -0.4 is 9.80 Å². The summed E-state index contributed by atoms with van der Waals surface area (Å²) < 4.78 is 0. The molecule has 0 aliphatic carbocycles. The number of benzene rings is 2. The standard InChI is InChI=1S/C33H38N2O4/c1-5-9-24-18-22(19-25(10-6-2)32(24)34-28(36)13-14-29(34)37)17-23-20-26(11-7-3)33(27(21-23)12-8-4)35-30(38)15-16-31(35)39/h13-16,18-21H,5-12,17H2,1-4H3. The Morgan fingerprint density at radius 3 is 0.949 bits per heavy atom. The lowest BCUT2D eigenvalue weighted by molar-refractivity contribution is -0.121. The smallest absolute Gasteiger partial charge is 0.258 e. The first kappa shape index (κ1) is 28.2. The first-order valence-corrected chi connectivity index (χ1v) is 14.2. The second-order valence-corrected chi connectivity index (χ2v) is 10.4. The van der Waals surface area contributed by atoms with E-state index < -0.39 is 0 Å². The van der Waals surface area contributed by atoms with Crippen molar-refractivity contribution in [3.8, 4) is 0 Å². The normalized spacial score (nSPS) is 15.0. The molecule has 39 heavy (non-hydrogen) atoms. The molecule has 4 amide bonds. The molecule has 2 aromatic carbocycles. The van der Waals surface area contributed by atoms with Gasteiger partial charge in [0, 0.05) is 24.3 Å². The fraction of sp³-hybridized carbons (Fsp3) is 0.394. The van der Waals surface area contributed by atoms with Gasteiger partial charge in [0.1, 0.15) is 0 Å². The summed E-state index contributed by atoms with van der Waals surface area (Å²) >= 11 is 0. The Bertz CT molecular complexity index is 1170. The number of hydrogen-bond donors (Lipinski definition) is 0. The van der Waals surface area contributed by atoms with Gasteiger partial charge in [-0.05, 0) is 65.5 Å². The molecular weight excluding hydrogens is 488 g/mol. The summed E-state index contributed by atoms with van der Waals surface area (Å²) in [4.78, 5) is 53.1. The van der Waals surface area contributed by atoms with Gasteiger partial charge in [-0.15, -0.1) is 0 Å². The maximum Gasteiger partial charge on any atom is 0.258 e. The van der Waals surface area contributed by atoms with E-state index in [0.29, 0.717) is 6.42 Å². The monoisotopic (exact) mass is 526 g/mol. The maximum atomic E-state index is 12.6. The van der Waals surface area contributed by atoms with E-state index in [2.05, 4.69) is 52.0 Å². The van der Waals surface area contributed by atoms with Crippen LogP contribution in [0.2, 0.25) is 0 Å². The third kappa shape index (κ3) is 5.80. The van der Waals surface area contributed by atoms with E-state index in [0.717, 1.165) is 96.1 Å². The fourth-order valence-electron chi connectivity index (χ4n) is 5.76. The lowest BCUT2D eigenvalue weighted by atomic mass is 9.90. The summed E-state index contributed by atoms with van der Waals surface area (Å²) in [6.45, 7) is 8.41. The number of carbonyl (C=O) groups excluding carboxylic acids is 4. The molecule has 0 radical (unpaired) electrons. The van der Waals surface area contributed by atoms with Gasteiger partial charge in [0.25, 0.3) is 23.6 Å². The van der Waals surface area contributed by atoms with Crippen molar-refractivity contribution in [2.24, 2.45) is 0 Å². The van der Waals surface area contributed by atoms with Crippen LogP contribution in [0.5, 0.6) is 0 Å². The Hall–Kier alpha value is -3.80. The van der Waals surface area contributed by atoms with Crippen LogP contribution in [0.25, 0.3) is 0 Å². The van der Waals surface area contributed by atoms with Gasteiger partial charge in [0.2, 0.25) is 0 Å². The van der Waals surface area contributed by atoms with Crippen LogP contribution in [0.3, 0.4) is 0 Å². The molecule has 2 aromatic rings. The van der Waals surface area contributed by atoms with Gasteiger partial charge in [-0.3, -0.25) is 19.2 Å². The number of hydrogen-bond acceptors (Lipinski definition) is 4. The lowest BCUT2D eigenvalue weighted by Gasteiger charge is -2.25. The second kappa shape index (κ2) is 12.4. The van der Waals surface area contributed by atoms with Crippen molar-refractivity contribution in [2.75, 3.05) is 9.80 Å². The topological polar surface area (TPSA) is 74.8 Å². The predicted octanol–water partition coefficient (Wildman–Crippen LogP) is 5.95. The Kier molecular flexibility index (Phi) is 8.95. The zero-order valence-corrected chi connectivity index (χ0v) is 23.5. The molecule has 2 heterocycles. The molecule has 0 saturated carbocycles. The van der Waals surface area contributed by atoms with Crippen LogP contribution in [0.1, 0.15) is 86.8 Å². The van der Waals surface area contributed by atoms with Crippen molar-refractivity contribution < 1.29 is 19.2 Å². The van der Waals surface area contributed by atoms with Crippen LogP contribution in [-0.2, 0) is 51.3 Å². The molecule has 0 aromatic heterocycles. The number of rotatable bonds is 12. The Morgan fingerprint density at radius 1 is 0.462 bits per heavy atom. The van der Waals surface area contributed by atoms with Crippen LogP contribution in [0.4, 0.5) is 11.4 Å². The quantitative estimate of drug-likeness (QED) is 0.321. The van der Waals surface area contributed by atoms with Gasteiger partial charge in [-0.1, -0.05) is 77.6 Å². The van der Waals surface area contributed by atoms with E-state index in [1.807, 2.05) is 0 Å². The number of nitrogens with zero attached hydrogens (tertiary/aromatic N) is 2. The first-order valence-electron chi connectivity index (χ1n) is 14.2.